The second kappa shape index (κ2) is 7.04. The zero-order chi connectivity index (χ0) is 14.4. The van der Waals surface area contributed by atoms with Crippen LogP contribution in [-0.2, 0) is 26.1 Å². The van der Waals surface area contributed by atoms with Gasteiger partial charge < -0.3 is 10.4 Å². The number of hydrogen-bond acceptors (Lipinski definition) is 3. The van der Waals surface area contributed by atoms with Gasteiger partial charge in [0.2, 0.25) is 5.91 Å². The van der Waals surface area contributed by atoms with Crippen molar-refractivity contribution in [2.75, 3.05) is 5.75 Å². The number of benzene rings is 1. The van der Waals surface area contributed by atoms with Crippen LogP contribution in [0.3, 0.4) is 0 Å². The lowest BCUT2D eigenvalue weighted by atomic mass is 10.1. The number of carboxylic acids is 1. The Hall–Kier alpha value is -1.69. The van der Waals surface area contributed by atoms with E-state index in [9.17, 15) is 13.8 Å². The van der Waals surface area contributed by atoms with E-state index >= 15 is 0 Å². The number of rotatable bonds is 6. The number of aliphatic carboxylic acids is 1. The van der Waals surface area contributed by atoms with Crippen molar-refractivity contribution in [3.05, 3.63) is 35.4 Å². The summed E-state index contributed by atoms with van der Waals surface area (Å²) in [6, 6.07) is 6.40. The second-order valence-corrected chi connectivity index (χ2v) is 5.77. The highest BCUT2D eigenvalue weighted by atomic mass is 32.2. The molecule has 0 spiro atoms. The van der Waals surface area contributed by atoms with E-state index in [1.165, 1.54) is 6.92 Å². The van der Waals surface area contributed by atoms with Crippen LogP contribution in [0, 0.1) is 6.92 Å². The Kier molecular flexibility index (Phi) is 5.69. The molecule has 0 fully saturated rings. The fourth-order valence-electron chi connectivity index (χ4n) is 1.61. The van der Waals surface area contributed by atoms with E-state index in [1.54, 1.807) is 0 Å². The number of carbonyl (C=O) groups is 2. The molecule has 0 radical (unpaired) electrons. The van der Waals surface area contributed by atoms with Gasteiger partial charge in [0.05, 0.1) is 5.75 Å². The molecule has 0 aliphatic rings. The van der Waals surface area contributed by atoms with Crippen molar-refractivity contribution in [1.82, 2.24) is 5.32 Å². The molecule has 1 aromatic carbocycles. The van der Waals surface area contributed by atoms with Crippen LogP contribution < -0.4 is 5.32 Å². The molecular weight excluding hydrogens is 266 g/mol. The summed E-state index contributed by atoms with van der Waals surface area (Å²) >= 11 is 0. The molecule has 2 unspecified atom stereocenters. The standard InChI is InChI=1S/C13H17NO4S/c1-9-5-3-4-6-11(9)7-19(18)8-12(13(16)17)14-10(2)15/h3-6,12H,7-8H2,1-2H3,(H,14,15)(H,16,17). The molecule has 2 atom stereocenters. The highest BCUT2D eigenvalue weighted by Gasteiger charge is 2.21. The van der Waals surface area contributed by atoms with Gasteiger partial charge in [0.25, 0.3) is 0 Å². The van der Waals surface area contributed by atoms with Gasteiger partial charge in [0.1, 0.15) is 6.04 Å². The number of carboxylic acid groups (broad SMARTS) is 1. The van der Waals surface area contributed by atoms with Crippen molar-refractivity contribution in [3.63, 3.8) is 0 Å². The summed E-state index contributed by atoms with van der Waals surface area (Å²) in [5, 5.41) is 11.2. The first-order chi connectivity index (χ1) is 8.90. The molecule has 104 valence electrons. The molecule has 1 rings (SSSR count). The maximum absolute atomic E-state index is 12.0. The predicted octanol–water partition coefficient (Wildman–Crippen LogP) is 0.833. The van der Waals surface area contributed by atoms with E-state index in [0.29, 0.717) is 0 Å². The molecule has 0 bridgehead atoms. The van der Waals surface area contributed by atoms with E-state index < -0.39 is 28.7 Å². The molecule has 1 aromatic rings. The summed E-state index contributed by atoms with van der Waals surface area (Å²) in [5.74, 6) is -1.42. The molecule has 6 heteroatoms. The first-order valence-electron chi connectivity index (χ1n) is 5.79. The van der Waals surface area contributed by atoms with E-state index in [1.807, 2.05) is 31.2 Å². The van der Waals surface area contributed by atoms with Crippen LogP contribution in [0.4, 0.5) is 0 Å². The molecule has 0 saturated carbocycles. The predicted molar refractivity (Wildman–Crippen MR) is 73.1 cm³/mol. The Labute approximate surface area is 114 Å². The van der Waals surface area contributed by atoms with Crippen molar-refractivity contribution in [1.29, 1.82) is 0 Å². The second-order valence-electron chi connectivity index (χ2n) is 4.27. The first-order valence-corrected chi connectivity index (χ1v) is 7.28. The van der Waals surface area contributed by atoms with Gasteiger partial charge >= 0.3 is 5.97 Å². The third-order valence-electron chi connectivity index (χ3n) is 2.61. The Morgan fingerprint density at radius 3 is 2.53 bits per heavy atom. The van der Waals surface area contributed by atoms with Crippen molar-refractivity contribution in [2.45, 2.75) is 25.6 Å². The molecule has 19 heavy (non-hydrogen) atoms. The number of aryl methyl sites for hydroxylation is 1. The van der Waals surface area contributed by atoms with E-state index in [-0.39, 0.29) is 11.5 Å². The van der Waals surface area contributed by atoms with Crippen molar-refractivity contribution in [2.24, 2.45) is 0 Å². The summed E-state index contributed by atoms with van der Waals surface area (Å²) < 4.78 is 12.0. The minimum Gasteiger partial charge on any atom is -0.480 e. The van der Waals surface area contributed by atoms with E-state index in [0.717, 1.165) is 11.1 Å². The highest BCUT2D eigenvalue weighted by molar-refractivity contribution is 7.84. The first kappa shape index (κ1) is 15.4. The molecule has 0 saturated heterocycles. The zero-order valence-electron chi connectivity index (χ0n) is 10.9. The Balaban J connectivity index is 2.65. The monoisotopic (exact) mass is 283 g/mol. The van der Waals surface area contributed by atoms with Crippen molar-refractivity contribution >= 4 is 22.7 Å². The Morgan fingerprint density at radius 2 is 2.00 bits per heavy atom. The molecule has 0 aliphatic carbocycles. The third kappa shape index (κ3) is 5.21. The Morgan fingerprint density at radius 1 is 1.37 bits per heavy atom. The van der Waals surface area contributed by atoms with Crippen molar-refractivity contribution in [3.8, 4) is 0 Å². The fraction of sp³-hybridized carbons (Fsp3) is 0.385. The summed E-state index contributed by atoms with van der Waals surface area (Å²) in [6.07, 6.45) is 0. The largest absolute Gasteiger partial charge is 0.480 e. The normalized spacial score (nSPS) is 13.6. The molecule has 0 aromatic heterocycles. The van der Waals surface area contributed by atoms with Gasteiger partial charge in [0, 0.05) is 23.5 Å². The maximum atomic E-state index is 12.0. The van der Waals surface area contributed by atoms with Crippen LogP contribution in [0.25, 0.3) is 0 Å². The Bertz CT molecular complexity index is 501. The van der Waals surface area contributed by atoms with E-state index in [4.69, 9.17) is 5.11 Å². The van der Waals surface area contributed by atoms with Crippen LogP contribution in [0.5, 0.6) is 0 Å². The van der Waals surface area contributed by atoms with E-state index in [2.05, 4.69) is 5.32 Å². The average Bonchev–Trinajstić information content (AvgIpc) is 2.30. The highest BCUT2D eigenvalue weighted by Crippen LogP contribution is 2.10. The summed E-state index contributed by atoms with van der Waals surface area (Å²) in [7, 11) is -1.34. The van der Waals surface area contributed by atoms with Gasteiger partial charge in [-0.3, -0.25) is 9.00 Å². The number of amides is 1. The van der Waals surface area contributed by atoms with Crippen LogP contribution in [0.15, 0.2) is 24.3 Å². The third-order valence-corrected chi connectivity index (χ3v) is 3.94. The summed E-state index contributed by atoms with van der Waals surface area (Å²) in [5.41, 5.74) is 1.94. The van der Waals surface area contributed by atoms with Gasteiger partial charge in [-0.2, -0.15) is 0 Å². The van der Waals surface area contributed by atoms with Gasteiger partial charge in [-0.05, 0) is 18.1 Å². The lowest BCUT2D eigenvalue weighted by Gasteiger charge is -2.13. The van der Waals surface area contributed by atoms with Crippen molar-refractivity contribution < 1.29 is 18.9 Å². The van der Waals surface area contributed by atoms with Gasteiger partial charge in [-0.15, -0.1) is 0 Å². The number of hydrogen-bond donors (Lipinski definition) is 2. The molecular formula is C13H17NO4S. The van der Waals surface area contributed by atoms with Gasteiger partial charge in [-0.25, -0.2) is 4.79 Å². The summed E-state index contributed by atoms with van der Waals surface area (Å²) in [6.45, 7) is 3.15. The van der Waals surface area contributed by atoms with Crippen LogP contribution in [0.2, 0.25) is 0 Å². The minimum atomic E-state index is -1.34. The van der Waals surface area contributed by atoms with Crippen LogP contribution in [0.1, 0.15) is 18.1 Å². The molecule has 1 amide bonds. The molecule has 0 heterocycles. The molecule has 5 nitrogen and oxygen atoms in total. The van der Waals surface area contributed by atoms with Crippen LogP contribution in [-0.4, -0.2) is 33.0 Å². The fourth-order valence-corrected chi connectivity index (χ4v) is 3.00. The van der Waals surface area contributed by atoms with Crippen LogP contribution >= 0.6 is 0 Å². The lowest BCUT2D eigenvalue weighted by Crippen LogP contribution is -2.43. The smallest absolute Gasteiger partial charge is 0.327 e. The molecule has 0 aliphatic heterocycles. The molecule has 2 N–H and O–H groups in total. The lowest BCUT2D eigenvalue weighted by molar-refractivity contribution is -0.140. The number of carbonyl (C=O) groups excluding carboxylic acids is 1. The topological polar surface area (TPSA) is 83.5 Å². The SMILES string of the molecule is CC(=O)NC(CS(=O)Cc1ccccc1C)C(=O)O. The number of nitrogens with one attached hydrogen (secondary N) is 1. The quantitative estimate of drug-likeness (QED) is 0.810. The summed E-state index contributed by atoms with van der Waals surface area (Å²) in [4.78, 5) is 21.8. The maximum Gasteiger partial charge on any atom is 0.327 e. The van der Waals surface area contributed by atoms with Gasteiger partial charge in [0.15, 0.2) is 0 Å². The average molecular weight is 283 g/mol. The zero-order valence-corrected chi connectivity index (χ0v) is 11.7. The minimum absolute atomic E-state index is 0.0940. The van der Waals surface area contributed by atoms with Gasteiger partial charge in [-0.1, -0.05) is 24.3 Å².